The van der Waals surface area contributed by atoms with Crippen molar-refractivity contribution in [3.05, 3.63) is 35.9 Å². The SMILES string of the molecule is c1ccc(C2=[N+]3CC4N=NCC(O3)C24)cc1. The van der Waals surface area contributed by atoms with Gasteiger partial charge in [0.1, 0.15) is 12.5 Å². The van der Waals surface area contributed by atoms with Crippen molar-refractivity contribution in [2.75, 3.05) is 13.1 Å². The van der Waals surface area contributed by atoms with Crippen LogP contribution in [-0.4, -0.2) is 35.7 Å². The van der Waals surface area contributed by atoms with Crippen LogP contribution in [0, 0.1) is 5.92 Å². The second kappa shape index (κ2) is 2.90. The first-order valence-corrected chi connectivity index (χ1v) is 5.67. The van der Waals surface area contributed by atoms with Crippen molar-refractivity contribution < 1.29 is 9.58 Å². The molecule has 4 nitrogen and oxygen atoms in total. The van der Waals surface area contributed by atoms with E-state index in [9.17, 15) is 0 Å². The summed E-state index contributed by atoms with van der Waals surface area (Å²) in [5, 5.41) is 8.46. The van der Waals surface area contributed by atoms with Gasteiger partial charge in [-0.1, -0.05) is 18.2 Å². The predicted octanol–water partition coefficient (Wildman–Crippen LogP) is 1.27. The lowest BCUT2D eigenvalue weighted by Gasteiger charge is -2.22. The minimum absolute atomic E-state index is 0.214. The molecule has 3 aliphatic rings. The number of hydrogen-bond donors (Lipinski definition) is 0. The van der Waals surface area contributed by atoms with E-state index in [2.05, 4.69) is 34.5 Å². The van der Waals surface area contributed by atoms with E-state index in [-0.39, 0.29) is 6.10 Å². The quantitative estimate of drug-likeness (QED) is 0.648. The standard InChI is InChI=1S/C12H12N3O/c1-2-4-8(5-3-1)12-11-9-7-15(12)16-10(11)6-13-14-9/h1-5,9-11H,6-7H2/q+1. The summed E-state index contributed by atoms with van der Waals surface area (Å²) in [5.41, 5.74) is 2.56. The molecule has 0 amide bonds. The molecule has 0 fully saturated rings. The van der Waals surface area contributed by atoms with Crippen LogP contribution in [0.5, 0.6) is 0 Å². The Balaban J connectivity index is 1.82. The third-order valence-electron chi connectivity index (χ3n) is 3.58. The van der Waals surface area contributed by atoms with Gasteiger partial charge in [0, 0.05) is 5.56 Å². The third kappa shape index (κ3) is 0.965. The van der Waals surface area contributed by atoms with Gasteiger partial charge in [-0.15, -0.1) is 0 Å². The van der Waals surface area contributed by atoms with E-state index in [0.717, 1.165) is 6.54 Å². The maximum atomic E-state index is 5.84. The van der Waals surface area contributed by atoms with Crippen LogP contribution in [0.1, 0.15) is 5.56 Å². The Hall–Kier alpha value is -1.71. The molecule has 1 aromatic carbocycles. The zero-order chi connectivity index (χ0) is 10.5. The lowest BCUT2D eigenvalue weighted by Crippen LogP contribution is -2.41. The zero-order valence-corrected chi connectivity index (χ0v) is 8.78. The van der Waals surface area contributed by atoms with Crippen LogP contribution < -0.4 is 0 Å². The summed E-state index contributed by atoms with van der Waals surface area (Å²) < 4.78 is 2.02. The molecule has 0 N–H and O–H groups in total. The van der Waals surface area contributed by atoms with E-state index in [1.807, 2.05) is 10.8 Å². The van der Waals surface area contributed by atoms with E-state index in [4.69, 9.17) is 4.84 Å². The molecular formula is C12H12N3O+. The fraction of sp³-hybridized carbons (Fsp3) is 0.417. The molecule has 4 rings (SSSR count). The highest BCUT2D eigenvalue weighted by molar-refractivity contribution is 6.00. The summed E-state index contributed by atoms with van der Waals surface area (Å²) in [6.45, 7) is 1.56. The van der Waals surface area contributed by atoms with E-state index in [1.54, 1.807) is 0 Å². The summed E-state index contributed by atoms with van der Waals surface area (Å²) in [5.74, 6) is 0.417. The molecule has 0 saturated heterocycles. The van der Waals surface area contributed by atoms with Crippen LogP contribution in [-0.2, 0) is 4.84 Å². The summed E-state index contributed by atoms with van der Waals surface area (Å²) in [6.07, 6.45) is 0.214. The van der Waals surface area contributed by atoms with Gasteiger partial charge in [-0.3, -0.25) is 4.84 Å². The van der Waals surface area contributed by atoms with E-state index in [1.165, 1.54) is 11.3 Å². The molecule has 4 heteroatoms. The second-order valence-corrected chi connectivity index (χ2v) is 4.49. The molecule has 0 spiro atoms. The number of hydrogen-bond acceptors (Lipinski definition) is 3. The van der Waals surface area contributed by atoms with Gasteiger partial charge in [-0.05, 0) is 16.9 Å². The summed E-state index contributed by atoms with van der Waals surface area (Å²) in [6, 6.07) is 10.8. The van der Waals surface area contributed by atoms with Gasteiger partial charge in [0.05, 0.1) is 0 Å². The lowest BCUT2D eigenvalue weighted by atomic mass is 9.88. The lowest BCUT2D eigenvalue weighted by molar-refractivity contribution is -0.791. The number of rotatable bonds is 1. The molecule has 80 valence electrons. The average molecular weight is 214 g/mol. The maximum Gasteiger partial charge on any atom is 0.244 e. The molecule has 0 aromatic heterocycles. The van der Waals surface area contributed by atoms with Gasteiger partial charge in [0.15, 0.2) is 6.04 Å². The van der Waals surface area contributed by atoms with Crippen LogP contribution in [0.15, 0.2) is 40.6 Å². The highest BCUT2D eigenvalue weighted by atomic mass is 16.7. The van der Waals surface area contributed by atoms with Crippen molar-refractivity contribution in [3.63, 3.8) is 0 Å². The fourth-order valence-electron chi connectivity index (χ4n) is 2.92. The van der Waals surface area contributed by atoms with E-state index >= 15 is 0 Å². The smallest absolute Gasteiger partial charge is 0.244 e. The van der Waals surface area contributed by atoms with Crippen LogP contribution in [0.4, 0.5) is 0 Å². The first kappa shape index (κ1) is 8.44. The highest BCUT2D eigenvalue weighted by Crippen LogP contribution is 2.36. The number of benzene rings is 1. The van der Waals surface area contributed by atoms with Gasteiger partial charge < -0.3 is 0 Å². The fourth-order valence-corrected chi connectivity index (χ4v) is 2.92. The Kier molecular flexibility index (Phi) is 1.53. The van der Waals surface area contributed by atoms with Crippen LogP contribution in [0.3, 0.4) is 0 Å². The minimum Gasteiger partial charge on any atom is -0.270 e. The van der Waals surface area contributed by atoms with Gasteiger partial charge in [-0.25, -0.2) is 0 Å². The van der Waals surface area contributed by atoms with Crippen molar-refractivity contribution in [2.24, 2.45) is 16.1 Å². The Labute approximate surface area is 93.2 Å². The van der Waals surface area contributed by atoms with Crippen molar-refractivity contribution >= 4 is 5.71 Å². The third-order valence-corrected chi connectivity index (χ3v) is 3.58. The predicted molar refractivity (Wildman–Crippen MR) is 57.6 cm³/mol. The Morgan fingerprint density at radius 1 is 1.25 bits per heavy atom. The molecule has 0 saturated carbocycles. The van der Waals surface area contributed by atoms with E-state index < -0.39 is 0 Å². The monoisotopic (exact) mass is 214 g/mol. The molecule has 16 heavy (non-hydrogen) atoms. The zero-order valence-electron chi connectivity index (χ0n) is 8.78. The Morgan fingerprint density at radius 2 is 2.12 bits per heavy atom. The number of hydroxylamine groups is 1. The van der Waals surface area contributed by atoms with Gasteiger partial charge in [0.2, 0.25) is 18.4 Å². The molecule has 1 aromatic rings. The second-order valence-electron chi connectivity index (χ2n) is 4.49. The first-order chi connectivity index (χ1) is 7.93. The van der Waals surface area contributed by atoms with Gasteiger partial charge >= 0.3 is 0 Å². The summed E-state index contributed by atoms with van der Waals surface area (Å²) >= 11 is 0. The normalized spacial score (nSPS) is 34.4. The van der Waals surface area contributed by atoms with Crippen molar-refractivity contribution in [1.29, 1.82) is 0 Å². The minimum atomic E-state index is 0.214. The van der Waals surface area contributed by atoms with Crippen molar-refractivity contribution in [1.82, 2.24) is 0 Å². The van der Waals surface area contributed by atoms with Crippen LogP contribution >= 0.6 is 0 Å². The Morgan fingerprint density at radius 3 is 2.94 bits per heavy atom. The van der Waals surface area contributed by atoms with Gasteiger partial charge in [0.25, 0.3) is 0 Å². The van der Waals surface area contributed by atoms with Crippen molar-refractivity contribution in [3.8, 4) is 0 Å². The average Bonchev–Trinajstić information content (AvgIpc) is 2.84. The molecule has 0 aliphatic carbocycles. The van der Waals surface area contributed by atoms with Crippen molar-refractivity contribution in [2.45, 2.75) is 12.1 Å². The first-order valence-electron chi connectivity index (χ1n) is 5.67. The Bertz CT molecular complexity index is 494. The molecule has 3 unspecified atom stereocenters. The summed E-state index contributed by atoms with van der Waals surface area (Å²) in [4.78, 5) is 5.84. The maximum absolute atomic E-state index is 5.84. The number of azo groups is 1. The highest BCUT2D eigenvalue weighted by Gasteiger charge is 2.58. The van der Waals surface area contributed by atoms with Crippen LogP contribution in [0.25, 0.3) is 0 Å². The summed E-state index contributed by atoms with van der Waals surface area (Å²) in [7, 11) is 0. The molecule has 3 aliphatic heterocycles. The molecule has 3 heterocycles. The van der Waals surface area contributed by atoms with Crippen LogP contribution in [0.2, 0.25) is 0 Å². The molecular weight excluding hydrogens is 202 g/mol. The molecule has 2 bridgehead atoms. The number of nitrogens with zero attached hydrogens (tertiary/aromatic N) is 3. The topological polar surface area (TPSA) is 37.0 Å². The molecule has 0 radical (unpaired) electrons. The van der Waals surface area contributed by atoms with Gasteiger partial charge in [-0.2, -0.15) is 10.2 Å². The largest absolute Gasteiger partial charge is 0.270 e. The van der Waals surface area contributed by atoms with E-state index in [0.29, 0.717) is 18.5 Å². The molecule has 3 atom stereocenters.